The van der Waals surface area contributed by atoms with Crippen molar-refractivity contribution < 1.29 is 4.74 Å². The van der Waals surface area contributed by atoms with Gasteiger partial charge in [-0.1, -0.05) is 20.8 Å². The van der Waals surface area contributed by atoms with Crippen molar-refractivity contribution in [1.82, 2.24) is 29.3 Å². The highest BCUT2D eigenvalue weighted by atomic mass is 16.5. The number of hydrogen-bond acceptors (Lipinski definition) is 9. The number of benzene rings is 1. The normalized spacial score (nSPS) is 11.1. The van der Waals surface area contributed by atoms with Crippen molar-refractivity contribution in [2.75, 3.05) is 11.5 Å². The molecule has 3 heterocycles. The number of rotatable bonds is 6. The average molecular weight is 476 g/mol. The number of hydrogen-bond donors (Lipinski definition) is 3. The smallest absolute Gasteiger partial charge is 0.354 e. The average Bonchev–Trinajstić information content (AvgIpc) is 2.80. The highest BCUT2D eigenvalue weighted by Gasteiger charge is 2.22. The van der Waals surface area contributed by atoms with Crippen LogP contribution in [-0.2, 0) is 6.42 Å². The van der Waals surface area contributed by atoms with Crippen molar-refractivity contribution >= 4 is 11.6 Å². The Kier molecular flexibility index (Phi) is 6.19. The highest BCUT2D eigenvalue weighted by Crippen LogP contribution is 2.36. The molecule has 0 saturated heterocycles. The van der Waals surface area contributed by atoms with Gasteiger partial charge in [0.05, 0.1) is 11.4 Å². The zero-order chi connectivity index (χ0) is 25.3. The number of anilines is 2. The number of nitrogens with one attached hydrogen (secondary N) is 1. The summed E-state index contributed by atoms with van der Waals surface area (Å²) >= 11 is 0. The minimum absolute atomic E-state index is 0.0592. The van der Waals surface area contributed by atoms with E-state index in [-0.39, 0.29) is 34.7 Å². The Morgan fingerprint density at radius 3 is 1.94 bits per heavy atom. The lowest BCUT2D eigenvalue weighted by atomic mass is 10.1. The van der Waals surface area contributed by atoms with E-state index in [9.17, 15) is 14.4 Å². The van der Waals surface area contributed by atoms with E-state index < -0.39 is 11.4 Å². The molecule has 0 aliphatic carbocycles. The first-order valence-electron chi connectivity index (χ1n) is 10.8. The number of aromatic amines is 1. The number of ether oxygens (including phenoxy) is 1. The largest absolute Gasteiger partial charge is 0.433 e. The molecule has 3 aromatic heterocycles. The molecule has 0 aliphatic heterocycles. The first-order chi connectivity index (χ1) is 16.7. The second-order valence-corrected chi connectivity index (χ2v) is 8.08. The van der Waals surface area contributed by atoms with E-state index in [0.29, 0.717) is 23.4 Å². The molecule has 0 spiro atoms. The van der Waals surface area contributed by atoms with E-state index in [0.717, 1.165) is 5.56 Å². The molecule has 5 N–H and O–H groups in total. The van der Waals surface area contributed by atoms with Crippen LogP contribution in [0.3, 0.4) is 0 Å². The summed E-state index contributed by atoms with van der Waals surface area (Å²) in [6.07, 6.45) is 3.51. The number of H-pyrrole nitrogens is 1. The van der Waals surface area contributed by atoms with Gasteiger partial charge >= 0.3 is 11.4 Å². The van der Waals surface area contributed by atoms with E-state index in [1.807, 2.05) is 20.8 Å². The number of nitrogen functional groups attached to an aromatic ring is 2. The third-order valence-electron chi connectivity index (χ3n) is 5.31. The summed E-state index contributed by atoms with van der Waals surface area (Å²) in [5.74, 6) is 0.238. The van der Waals surface area contributed by atoms with E-state index in [2.05, 4.69) is 20.2 Å². The number of aryl methyl sites for hydroxylation is 1. The van der Waals surface area contributed by atoms with Crippen molar-refractivity contribution in [2.24, 2.45) is 0 Å². The molecular formula is C23H24N8O4. The lowest BCUT2D eigenvalue weighted by molar-refractivity contribution is 0.438. The van der Waals surface area contributed by atoms with Gasteiger partial charge in [0.2, 0.25) is 5.88 Å². The van der Waals surface area contributed by atoms with Crippen molar-refractivity contribution in [2.45, 2.75) is 33.1 Å². The van der Waals surface area contributed by atoms with Gasteiger partial charge in [-0.25, -0.2) is 14.7 Å². The van der Waals surface area contributed by atoms with Crippen LogP contribution in [0.2, 0.25) is 0 Å². The fraction of sp³-hybridized carbons (Fsp3) is 0.217. The third kappa shape index (κ3) is 4.67. The van der Waals surface area contributed by atoms with Gasteiger partial charge in [-0.15, -0.1) is 5.10 Å². The predicted octanol–water partition coefficient (Wildman–Crippen LogP) is 1.50. The summed E-state index contributed by atoms with van der Waals surface area (Å²) in [6, 6.07) is 7.82. The highest BCUT2D eigenvalue weighted by molar-refractivity contribution is 5.63. The topological polar surface area (TPSA) is 177 Å². The summed E-state index contributed by atoms with van der Waals surface area (Å²) < 4.78 is 8.76. The minimum Gasteiger partial charge on any atom is -0.433 e. The second kappa shape index (κ2) is 9.25. The molecule has 0 bridgehead atoms. The zero-order valence-corrected chi connectivity index (χ0v) is 19.3. The first-order valence-corrected chi connectivity index (χ1v) is 10.8. The van der Waals surface area contributed by atoms with Gasteiger partial charge in [-0.2, -0.15) is 9.97 Å². The Balaban J connectivity index is 2.08. The van der Waals surface area contributed by atoms with Crippen LogP contribution in [-0.4, -0.2) is 29.3 Å². The van der Waals surface area contributed by atoms with Crippen LogP contribution in [0.15, 0.2) is 57.1 Å². The Bertz CT molecular complexity index is 1510. The van der Waals surface area contributed by atoms with Crippen molar-refractivity contribution in [1.29, 1.82) is 0 Å². The van der Waals surface area contributed by atoms with Crippen molar-refractivity contribution in [3.05, 3.63) is 85.2 Å². The van der Waals surface area contributed by atoms with Gasteiger partial charge in [0.25, 0.3) is 5.56 Å². The van der Waals surface area contributed by atoms with Crippen LogP contribution in [0, 0.1) is 0 Å². The quantitative estimate of drug-likeness (QED) is 0.372. The standard InChI is InChI=1S/C23H24N8O4/c1-4-13-9-15(30-7-5-17(24)26-22(30)33)20(16(10-13)31-8-6-18(25)27-23(31)34)35-21-14(12(2)3)11-19(32)28-29-21/h5-12H,4H2,1-3H3,(H,28,32)(H2,24,26,33)(H2,25,27,34). The number of aromatic nitrogens is 6. The molecule has 0 aliphatic rings. The molecule has 0 amide bonds. The Morgan fingerprint density at radius 1 is 0.943 bits per heavy atom. The van der Waals surface area contributed by atoms with Gasteiger partial charge in [0.15, 0.2) is 5.75 Å². The molecule has 4 aromatic rings. The second-order valence-electron chi connectivity index (χ2n) is 8.08. The molecule has 12 heteroatoms. The molecule has 12 nitrogen and oxygen atoms in total. The third-order valence-corrected chi connectivity index (χ3v) is 5.31. The summed E-state index contributed by atoms with van der Waals surface area (Å²) in [6.45, 7) is 5.69. The molecule has 0 atom stereocenters. The predicted molar refractivity (Wildman–Crippen MR) is 130 cm³/mol. The zero-order valence-electron chi connectivity index (χ0n) is 19.3. The van der Waals surface area contributed by atoms with E-state index >= 15 is 0 Å². The monoisotopic (exact) mass is 476 g/mol. The Labute approximate surface area is 198 Å². The molecule has 180 valence electrons. The maximum Gasteiger partial charge on any atom is 0.354 e. The first kappa shape index (κ1) is 23.4. The minimum atomic E-state index is -0.643. The fourth-order valence-corrected chi connectivity index (χ4v) is 3.52. The van der Waals surface area contributed by atoms with E-state index in [1.165, 1.54) is 39.7 Å². The van der Waals surface area contributed by atoms with Crippen LogP contribution in [0.1, 0.15) is 37.8 Å². The Morgan fingerprint density at radius 2 is 1.49 bits per heavy atom. The van der Waals surface area contributed by atoms with E-state index in [4.69, 9.17) is 16.2 Å². The van der Waals surface area contributed by atoms with E-state index in [1.54, 1.807) is 12.1 Å². The molecule has 1 aromatic carbocycles. The molecule has 0 unspecified atom stereocenters. The van der Waals surface area contributed by atoms with Crippen molar-refractivity contribution in [3.8, 4) is 23.0 Å². The van der Waals surface area contributed by atoms with Crippen LogP contribution < -0.4 is 33.1 Å². The van der Waals surface area contributed by atoms with Crippen LogP contribution in [0.4, 0.5) is 11.6 Å². The summed E-state index contributed by atoms with van der Waals surface area (Å²) in [5.41, 5.74) is 11.6. The summed E-state index contributed by atoms with van der Waals surface area (Å²) in [5, 5.41) is 6.44. The lowest BCUT2D eigenvalue weighted by Gasteiger charge is -2.20. The van der Waals surface area contributed by atoms with Crippen molar-refractivity contribution in [3.63, 3.8) is 0 Å². The maximum absolute atomic E-state index is 12.8. The van der Waals surface area contributed by atoms with Gasteiger partial charge in [-0.3, -0.25) is 13.9 Å². The fourth-order valence-electron chi connectivity index (χ4n) is 3.52. The van der Waals surface area contributed by atoms with Crippen LogP contribution in [0.25, 0.3) is 11.4 Å². The molecular weight excluding hydrogens is 452 g/mol. The maximum atomic E-state index is 12.8. The molecule has 0 radical (unpaired) electrons. The lowest BCUT2D eigenvalue weighted by Crippen LogP contribution is -2.25. The molecule has 35 heavy (non-hydrogen) atoms. The molecule has 0 saturated carbocycles. The van der Waals surface area contributed by atoms with Gasteiger partial charge in [-0.05, 0) is 42.2 Å². The molecule has 0 fully saturated rings. The van der Waals surface area contributed by atoms with Crippen LogP contribution >= 0.6 is 0 Å². The number of nitrogens with zero attached hydrogens (tertiary/aromatic N) is 5. The SMILES string of the molecule is CCc1cc(-n2ccc(N)nc2=O)c(Oc2n[nH]c(=O)cc2C(C)C)c(-n2ccc(N)nc2=O)c1. The van der Waals surface area contributed by atoms with Gasteiger partial charge in [0, 0.05) is 24.0 Å². The van der Waals surface area contributed by atoms with Crippen LogP contribution in [0.5, 0.6) is 11.6 Å². The number of nitrogens with two attached hydrogens (primary N) is 2. The van der Waals surface area contributed by atoms with Gasteiger partial charge in [0.1, 0.15) is 11.6 Å². The summed E-state index contributed by atoms with van der Waals surface area (Å²) in [4.78, 5) is 45.1. The van der Waals surface area contributed by atoms with Gasteiger partial charge < -0.3 is 16.2 Å². The summed E-state index contributed by atoms with van der Waals surface area (Å²) in [7, 11) is 0. The molecule has 4 rings (SSSR count). The Hall–Kier alpha value is -4.74.